The Hall–Kier alpha value is -1.06. The van der Waals surface area contributed by atoms with Crippen LogP contribution in [0.4, 0.5) is 0 Å². The van der Waals surface area contributed by atoms with Crippen molar-refractivity contribution in [2.45, 2.75) is 40.2 Å². The monoisotopic (exact) mass is 264 g/mol. The second kappa shape index (κ2) is 7.51. The molecule has 1 rings (SSSR count). The molecule has 0 atom stereocenters. The Balaban J connectivity index is 2.54. The molecule has 108 valence electrons. The standard InChI is InChI=1S/C16H28N2O/c1-5-14-10-13(6-7-15(14)19-4)11-18-12-16(2,3)8-9-17/h6-7,10,18H,5,8-9,11-12,17H2,1-4H3. The van der Waals surface area contributed by atoms with Gasteiger partial charge in [-0.05, 0) is 42.0 Å². The van der Waals surface area contributed by atoms with Crippen molar-refractivity contribution in [1.82, 2.24) is 5.32 Å². The van der Waals surface area contributed by atoms with Gasteiger partial charge < -0.3 is 15.8 Å². The van der Waals surface area contributed by atoms with Crippen molar-refractivity contribution in [3.63, 3.8) is 0 Å². The van der Waals surface area contributed by atoms with Crippen LogP contribution in [0.1, 0.15) is 38.3 Å². The van der Waals surface area contributed by atoms with Gasteiger partial charge in [0.05, 0.1) is 7.11 Å². The SMILES string of the molecule is CCc1cc(CNCC(C)(C)CCN)ccc1OC. The summed E-state index contributed by atoms with van der Waals surface area (Å²) in [4.78, 5) is 0. The molecule has 0 amide bonds. The number of ether oxygens (including phenoxy) is 1. The lowest BCUT2D eigenvalue weighted by Gasteiger charge is -2.24. The van der Waals surface area contributed by atoms with Gasteiger partial charge >= 0.3 is 0 Å². The normalized spacial score (nSPS) is 11.6. The maximum Gasteiger partial charge on any atom is 0.122 e. The zero-order chi connectivity index (χ0) is 14.3. The number of aryl methyl sites for hydroxylation is 1. The minimum absolute atomic E-state index is 0.259. The number of methoxy groups -OCH3 is 1. The Morgan fingerprint density at radius 1 is 1.32 bits per heavy atom. The van der Waals surface area contributed by atoms with Gasteiger partial charge in [0, 0.05) is 13.1 Å². The quantitative estimate of drug-likeness (QED) is 0.759. The van der Waals surface area contributed by atoms with Gasteiger partial charge in [0.25, 0.3) is 0 Å². The Labute approximate surface area is 117 Å². The van der Waals surface area contributed by atoms with Crippen LogP contribution in [0, 0.1) is 5.41 Å². The predicted molar refractivity (Wildman–Crippen MR) is 81.5 cm³/mol. The molecule has 1 aromatic rings. The molecule has 0 heterocycles. The van der Waals surface area contributed by atoms with Gasteiger partial charge in [-0.1, -0.05) is 32.9 Å². The molecule has 0 aliphatic carbocycles. The topological polar surface area (TPSA) is 47.3 Å². The summed E-state index contributed by atoms with van der Waals surface area (Å²) in [6.45, 7) is 9.27. The van der Waals surface area contributed by atoms with Gasteiger partial charge in [0.1, 0.15) is 5.75 Å². The average molecular weight is 264 g/mol. The molecule has 0 fully saturated rings. The van der Waals surface area contributed by atoms with Gasteiger partial charge in [-0.15, -0.1) is 0 Å². The molecule has 19 heavy (non-hydrogen) atoms. The maximum atomic E-state index is 5.63. The highest BCUT2D eigenvalue weighted by molar-refractivity contribution is 5.37. The molecule has 0 aromatic heterocycles. The maximum absolute atomic E-state index is 5.63. The van der Waals surface area contributed by atoms with Crippen LogP contribution in [0.15, 0.2) is 18.2 Å². The van der Waals surface area contributed by atoms with E-state index in [1.165, 1.54) is 11.1 Å². The number of hydrogen-bond donors (Lipinski definition) is 2. The van der Waals surface area contributed by atoms with E-state index in [0.29, 0.717) is 0 Å². The lowest BCUT2D eigenvalue weighted by Crippen LogP contribution is -2.31. The molecule has 0 saturated heterocycles. The summed E-state index contributed by atoms with van der Waals surface area (Å²) < 4.78 is 5.35. The predicted octanol–water partition coefficient (Wildman–Crippen LogP) is 2.72. The Bertz CT molecular complexity index is 388. The molecule has 0 aliphatic rings. The molecule has 3 N–H and O–H groups in total. The lowest BCUT2D eigenvalue weighted by atomic mass is 9.89. The summed E-state index contributed by atoms with van der Waals surface area (Å²) in [5.74, 6) is 0.981. The third-order valence-electron chi connectivity index (χ3n) is 3.48. The van der Waals surface area contributed by atoms with Crippen molar-refractivity contribution in [3.05, 3.63) is 29.3 Å². The van der Waals surface area contributed by atoms with Gasteiger partial charge in [-0.3, -0.25) is 0 Å². The molecule has 1 aromatic carbocycles. The zero-order valence-electron chi connectivity index (χ0n) is 12.8. The molecular formula is C16H28N2O. The van der Waals surface area contributed by atoms with Crippen LogP contribution in [0.3, 0.4) is 0 Å². The van der Waals surface area contributed by atoms with Crippen molar-refractivity contribution in [1.29, 1.82) is 0 Å². The van der Waals surface area contributed by atoms with E-state index in [4.69, 9.17) is 10.5 Å². The number of benzene rings is 1. The summed E-state index contributed by atoms with van der Waals surface area (Å²) in [5.41, 5.74) is 8.46. The Morgan fingerprint density at radius 3 is 2.63 bits per heavy atom. The fourth-order valence-corrected chi connectivity index (χ4v) is 2.24. The fourth-order valence-electron chi connectivity index (χ4n) is 2.24. The highest BCUT2D eigenvalue weighted by Crippen LogP contribution is 2.21. The Kier molecular flexibility index (Phi) is 6.32. The summed E-state index contributed by atoms with van der Waals surface area (Å²) in [5, 5.41) is 3.52. The zero-order valence-corrected chi connectivity index (χ0v) is 12.8. The molecule has 0 aliphatic heterocycles. The van der Waals surface area contributed by atoms with Crippen LogP contribution < -0.4 is 15.8 Å². The first-order valence-electron chi connectivity index (χ1n) is 7.09. The van der Waals surface area contributed by atoms with Gasteiger partial charge in [-0.2, -0.15) is 0 Å². The average Bonchev–Trinajstić information content (AvgIpc) is 2.38. The number of hydrogen-bond acceptors (Lipinski definition) is 3. The summed E-state index contributed by atoms with van der Waals surface area (Å²) in [6.07, 6.45) is 2.04. The van der Waals surface area contributed by atoms with E-state index < -0.39 is 0 Å². The molecule has 0 bridgehead atoms. The highest BCUT2D eigenvalue weighted by atomic mass is 16.5. The first kappa shape index (κ1) is 16.0. The number of rotatable bonds is 8. The first-order chi connectivity index (χ1) is 9.02. The van der Waals surface area contributed by atoms with E-state index in [-0.39, 0.29) is 5.41 Å². The first-order valence-corrected chi connectivity index (χ1v) is 7.09. The van der Waals surface area contributed by atoms with Crippen LogP contribution >= 0.6 is 0 Å². The fraction of sp³-hybridized carbons (Fsp3) is 0.625. The molecular weight excluding hydrogens is 236 g/mol. The minimum Gasteiger partial charge on any atom is -0.496 e. The van der Waals surface area contributed by atoms with Crippen molar-refractivity contribution in [2.75, 3.05) is 20.2 Å². The molecule has 0 unspecified atom stereocenters. The summed E-state index contributed by atoms with van der Waals surface area (Å²) in [7, 11) is 1.72. The van der Waals surface area contributed by atoms with E-state index in [9.17, 15) is 0 Å². The third-order valence-corrected chi connectivity index (χ3v) is 3.48. The van der Waals surface area contributed by atoms with Crippen LogP contribution in [0.25, 0.3) is 0 Å². The molecule has 0 radical (unpaired) electrons. The van der Waals surface area contributed by atoms with Gasteiger partial charge in [0.2, 0.25) is 0 Å². The number of nitrogens with two attached hydrogens (primary N) is 1. The van der Waals surface area contributed by atoms with E-state index in [1.807, 2.05) is 0 Å². The molecule has 3 heteroatoms. The molecule has 0 spiro atoms. The third kappa shape index (κ3) is 5.21. The molecule has 0 saturated carbocycles. The smallest absolute Gasteiger partial charge is 0.122 e. The van der Waals surface area contributed by atoms with Gasteiger partial charge in [0.15, 0.2) is 0 Å². The van der Waals surface area contributed by atoms with Crippen LogP contribution in [-0.4, -0.2) is 20.2 Å². The van der Waals surface area contributed by atoms with E-state index in [0.717, 1.165) is 38.2 Å². The van der Waals surface area contributed by atoms with Crippen molar-refractivity contribution >= 4 is 0 Å². The van der Waals surface area contributed by atoms with Crippen molar-refractivity contribution < 1.29 is 4.74 Å². The summed E-state index contributed by atoms with van der Waals surface area (Å²) in [6, 6.07) is 6.41. The van der Waals surface area contributed by atoms with E-state index >= 15 is 0 Å². The minimum atomic E-state index is 0.259. The van der Waals surface area contributed by atoms with Gasteiger partial charge in [-0.25, -0.2) is 0 Å². The summed E-state index contributed by atoms with van der Waals surface area (Å²) >= 11 is 0. The molecule has 3 nitrogen and oxygen atoms in total. The second-order valence-electron chi connectivity index (χ2n) is 5.81. The number of nitrogens with one attached hydrogen (secondary N) is 1. The van der Waals surface area contributed by atoms with Crippen LogP contribution in [0.2, 0.25) is 0 Å². The van der Waals surface area contributed by atoms with E-state index in [2.05, 4.69) is 44.3 Å². The largest absolute Gasteiger partial charge is 0.496 e. The van der Waals surface area contributed by atoms with Crippen molar-refractivity contribution in [3.8, 4) is 5.75 Å². The highest BCUT2D eigenvalue weighted by Gasteiger charge is 2.15. The van der Waals surface area contributed by atoms with Crippen LogP contribution in [-0.2, 0) is 13.0 Å². The van der Waals surface area contributed by atoms with E-state index in [1.54, 1.807) is 7.11 Å². The second-order valence-corrected chi connectivity index (χ2v) is 5.81. The Morgan fingerprint density at radius 2 is 2.05 bits per heavy atom. The van der Waals surface area contributed by atoms with Crippen molar-refractivity contribution in [2.24, 2.45) is 11.1 Å². The lowest BCUT2D eigenvalue weighted by molar-refractivity contribution is 0.319. The van der Waals surface area contributed by atoms with Crippen LogP contribution in [0.5, 0.6) is 5.75 Å².